The molecule has 2 heterocycles. The van der Waals surface area contributed by atoms with E-state index in [1.807, 2.05) is 56.3 Å². The van der Waals surface area contributed by atoms with Crippen molar-refractivity contribution in [2.75, 3.05) is 0 Å². The lowest BCUT2D eigenvalue weighted by molar-refractivity contribution is 0.110. The van der Waals surface area contributed by atoms with Gasteiger partial charge in [0.2, 0.25) is 0 Å². The van der Waals surface area contributed by atoms with E-state index in [-0.39, 0.29) is 0 Å². The molecular weight excluding hydrogens is 308 g/mol. The fourth-order valence-corrected chi connectivity index (χ4v) is 3.07. The van der Waals surface area contributed by atoms with E-state index < -0.39 is 0 Å². The molecule has 0 bridgehead atoms. The molecule has 5 heteroatoms. The normalized spacial score (nSPS) is 10.5. The Morgan fingerprint density at radius 2 is 1.96 bits per heavy atom. The first kappa shape index (κ1) is 15.4. The Hall–Kier alpha value is -2.53. The molecule has 0 aliphatic carbocycles. The SMILES string of the molecule is CC.O=Cc1cc2ccc(Sc3nc4ccccc4[nH]3)cc2o1. The summed E-state index contributed by atoms with van der Waals surface area (Å²) >= 11 is 1.53. The van der Waals surface area contributed by atoms with Gasteiger partial charge in [0.25, 0.3) is 0 Å². The van der Waals surface area contributed by atoms with Crippen LogP contribution in [0.4, 0.5) is 0 Å². The van der Waals surface area contributed by atoms with Crippen molar-refractivity contribution in [1.82, 2.24) is 9.97 Å². The molecule has 2 aromatic heterocycles. The minimum Gasteiger partial charge on any atom is -0.453 e. The topological polar surface area (TPSA) is 58.9 Å². The highest BCUT2D eigenvalue weighted by Crippen LogP contribution is 2.30. The summed E-state index contributed by atoms with van der Waals surface area (Å²) in [5.41, 5.74) is 2.67. The predicted octanol–water partition coefficient (Wildman–Crippen LogP) is 5.30. The number of nitrogens with zero attached hydrogens (tertiary/aromatic N) is 1. The molecule has 23 heavy (non-hydrogen) atoms. The van der Waals surface area contributed by atoms with Crippen molar-refractivity contribution in [3.63, 3.8) is 0 Å². The molecule has 0 saturated heterocycles. The lowest BCUT2D eigenvalue weighted by Gasteiger charge is -1.97. The number of carbonyl (C=O) groups excluding carboxylic acids is 1. The zero-order valence-corrected chi connectivity index (χ0v) is 13.7. The third-order valence-corrected chi connectivity index (χ3v) is 4.09. The Labute approximate surface area is 137 Å². The number of para-hydroxylation sites is 2. The maximum Gasteiger partial charge on any atom is 0.185 e. The number of aromatic nitrogens is 2. The van der Waals surface area contributed by atoms with E-state index >= 15 is 0 Å². The largest absolute Gasteiger partial charge is 0.453 e. The number of benzene rings is 2. The van der Waals surface area contributed by atoms with Crippen LogP contribution in [0.15, 0.2) is 63.0 Å². The number of imidazole rings is 1. The number of H-pyrrole nitrogens is 1. The van der Waals surface area contributed by atoms with Crippen molar-refractivity contribution in [3.05, 3.63) is 54.3 Å². The second kappa shape index (κ2) is 6.71. The summed E-state index contributed by atoms with van der Waals surface area (Å²) < 4.78 is 5.44. The molecule has 0 spiro atoms. The van der Waals surface area contributed by atoms with Gasteiger partial charge in [-0.2, -0.15) is 0 Å². The number of furan rings is 1. The monoisotopic (exact) mass is 324 g/mol. The number of carbonyl (C=O) groups is 1. The van der Waals surface area contributed by atoms with Crippen LogP contribution in [-0.2, 0) is 0 Å². The summed E-state index contributed by atoms with van der Waals surface area (Å²) in [6.45, 7) is 4.00. The summed E-state index contributed by atoms with van der Waals surface area (Å²) in [5.74, 6) is 0.343. The smallest absolute Gasteiger partial charge is 0.185 e. The molecule has 4 aromatic rings. The van der Waals surface area contributed by atoms with Crippen LogP contribution in [0.5, 0.6) is 0 Å². The van der Waals surface area contributed by atoms with Crippen LogP contribution in [0.1, 0.15) is 24.4 Å². The fraction of sp³-hybridized carbons (Fsp3) is 0.111. The number of hydrogen-bond acceptors (Lipinski definition) is 4. The minimum atomic E-state index is 0.343. The van der Waals surface area contributed by atoms with Crippen molar-refractivity contribution < 1.29 is 9.21 Å². The highest BCUT2D eigenvalue weighted by molar-refractivity contribution is 7.99. The molecule has 0 aliphatic heterocycles. The number of aromatic amines is 1. The second-order valence-electron chi connectivity index (χ2n) is 4.63. The van der Waals surface area contributed by atoms with Crippen molar-refractivity contribution in [1.29, 1.82) is 0 Å². The standard InChI is InChI=1S/C16H10N2O2S.C2H6/c19-9-11-7-10-5-6-12(8-15(10)20-11)21-16-17-13-3-1-2-4-14(13)18-16;1-2/h1-9H,(H,17,18);1-2H3. The molecular formula is C18H16N2O2S. The van der Waals surface area contributed by atoms with E-state index in [0.717, 1.165) is 26.5 Å². The molecule has 0 saturated carbocycles. The zero-order valence-electron chi connectivity index (χ0n) is 12.9. The van der Waals surface area contributed by atoms with Crippen LogP contribution >= 0.6 is 11.8 Å². The van der Waals surface area contributed by atoms with Crippen LogP contribution in [0.2, 0.25) is 0 Å². The zero-order chi connectivity index (χ0) is 16.2. The lowest BCUT2D eigenvalue weighted by atomic mass is 10.2. The van der Waals surface area contributed by atoms with Gasteiger partial charge in [0.1, 0.15) is 5.58 Å². The molecule has 1 N–H and O–H groups in total. The van der Waals surface area contributed by atoms with Gasteiger partial charge >= 0.3 is 0 Å². The first-order valence-electron chi connectivity index (χ1n) is 7.43. The first-order chi connectivity index (χ1) is 11.3. The van der Waals surface area contributed by atoms with Gasteiger partial charge in [-0.3, -0.25) is 4.79 Å². The summed E-state index contributed by atoms with van der Waals surface area (Å²) in [7, 11) is 0. The molecule has 4 rings (SSSR count). The van der Waals surface area contributed by atoms with E-state index in [4.69, 9.17) is 4.42 Å². The van der Waals surface area contributed by atoms with Crippen molar-refractivity contribution >= 4 is 40.1 Å². The van der Waals surface area contributed by atoms with Gasteiger partial charge in [-0.05, 0) is 36.4 Å². The van der Waals surface area contributed by atoms with Gasteiger partial charge in [-0.15, -0.1) is 0 Å². The summed E-state index contributed by atoms with van der Waals surface area (Å²) in [6, 6.07) is 15.5. The first-order valence-corrected chi connectivity index (χ1v) is 8.25. The molecule has 4 nitrogen and oxygen atoms in total. The molecule has 0 atom stereocenters. The highest BCUT2D eigenvalue weighted by atomic mass is 32.2. The molecule has 2 aromatic carbocycles. The Bertz CT molecular complexity index is 923. The van der Waals surface area contributed by atoms with E-state index in [9.17, 15) is 4.79 Å². The Morgan fingerprint density at radius 3 is 2.74 bits per heavy atom. The van der Waals surface area contributed by atoms with Gasteiger partial charge in [-0.25, -0.2) is 4.98 Å². The van der Waals surface area contributed by atoms with Crippen LogP contribution in [0.25, 0.3) is 22.0 Å². The quantitative estimate of drug-likeness (QED) is 0.520. The highest BCUT2D eigenvalue weighted by Gasteiger charge is 2.07. The molecule has 0 unspecified atom stereocenters. The van der Waals surface area contributed by atoms with Crippen LogP contribution < -0.4 is 0 Å². The van der Waals surface area contributed by atoms with E-state index in [2.05, 4.69) is 9.97 Å². The van der Waals surface area contributed by atoms with Gasteiger partial charge < -0.3 is 9.40 Å². The van der Waals surface area contributed by atoms with Crippen LogP contribution in [-0.4, -0.2) is 16.3 Å². The Balaban J connectivity index is 0.000000753. The Kier molecular flexibility index (Phi) is 4.48. The number of fused-ring (bicyclic) bond motifs is 2. The van der Waals surface area contributed by atoms with Crippen molar-refractivity contribution in [2.45, 2.75) is 23.9 Å². The summed E-state index contributed by atoms with van der Waals surface area (Å²) in [5, 5.41) is 1.75. The average molecular weight is 324 g/mol. The van der Waals surface area contributed by atoms with E-state index in [0.29, 0.717) is 17.6 Å². The Morgan fingerprint density at radius 1 is 1.13 bits per heavy atom. The summed E-state index contributed by atoms with van der Waals surface area (Å²) in [4.78, 5) is 19.5. The van der Waals surface area contributed by atoms with Gasteiger partial charge in [-0.1, -0.05) is 37.7 Å². The van der Waals surface area contributed by atoms with Crippen LogP contribution in [0.3, 0.4) is 0 Å². The number of aldehydes is 1. The predicted molar refractivity (Wildman–Crippen MR) is 93.2 cm³/mol. The van der Waals surface area contributed by atoms with Gasteiger partial charge in [0.15, 0.2) is 17.2 Å². The molecule has 0 amide bonds. The van der Waals surface area contributed by atoms with Gasteiger partial charge in [0, 0.05) is 10.3 Å². The third-order valence-electron chi connectivity index (χ3n) is 3.21. The second-order valence-corrected chi connectivity index (χ2v) is 5.69. The maximum atomic E-state index is 10.7. The van der Waals surface area contributed by atoms with E-state index in [1.54, 1.807) is 6.07 Å². The minimum absolute atomic E-state index is 0.343. The van der Waals surface area contributed by atoms with Gasteiger partial charge in [0.05, 0.1) is 11.0 Å². The summed E-state index contributed by atoms with van der Waals surface area (Å²) in [6.07, 6.45) is 0.714. The number of hydrogen-bond donors (Lipinski definition) is 1. The molecule has 0 aliphatic rings. The molecule has 0 radical (unpaired) electrons. The molecule has 0 fully saturated rings. The average Bonchev–Trinajstić information content (AvgIpc) is 3.18. The number of nitrogens with one attached hydrogen (secondary N) is 1. The maximum absolute atomic E-state index is 10.7. The fourth-order valence-electron chi connectivity index (χ4n) is 2.24. The molecule has 116 valence electrons. The van der Waals surface area contributed by atoms with Crippen molar-refractivity contribution in [3.8, 4) is 0 Å². The van der Waals surface area contributed by atoms with Crippen LogP contribution in [0, 0.1) is 0 Å². The van der Waals surface area contributed by atoms with E-state index in [1.165, 1.54) is 11.8 Å². The number of rotatable bonds is 3. The van der Waals surface area contributed by atoms with Crippen molar-refractivity contribution in [2.24, 2.45) is 0 Å². The lowest BCUT2D eigenvalue weighted by Crippen LogP contribution is -1.75. The third kappa shape index (κ3) is 3.14.